The van der Waals surface area contributed by atoms with Gasteiger partial charge in [-0.25, -0.2) is 12.8 Å². The van der Waals surface area contributed by atoms with E-state index in [1.165, 1.54) is 29.2 Å². The van der Waals surface area contributed by atoms with E-state index >= 15 is 0 Å². The van der Waals surface area contributed by atoms with Gasteiger partial charge in [0.2, 0.25) is 21.8 Å². The van der Waals surface area contributed by atoms with E-state index < -0.39 is 34.3 Å². The van der Waals surface area contributed by atoms with E-state index in [2.05, 4.69) is 5.32 Å². The van der Waals surface area contributed by atoms with Crippen molar-refractivity contribution in [3.05, 3.63) is 78.1 Å². The maximum Gasteiger partial charge on any atom is 0.244 e. The minimum atomic E-state index is -3.85. The average molecular weight is 514 g/mol. The number of fused-ring (bicyclic) bond motifs is 1. The molecular weight excluding hydrogens is 481 g/mol. The Balaban J connectivity index is 1.96. The Morgan fingerprint density at radius 3 is 2.22 bits per heavy atom. The predicted octanol–water partition coefficient (Wildman–Crippen LogP) is 3.93. The summed E-state index contributed by atoms with van der Waals surface area (Å²) in [5.74, 6) is -1.10. The molecule has 0 saturated heterocycles. The van der Waals surface area contributed by atoms with Crippen LogP contribution in [0.4, 0.5) is 10.1 Å². The third-order valence-corrected chi connectivity index (χ3v) is 6.96. The molecule has 0 aliphatic rings. The van der Waals surface area contributed by atoms with Crippen LogP contribution in [0.3, 0.4) is 0 Å². The number of carbonyl (C=O) groups is 2. The van der Waals surface area contributed by atoms with Crippen molar-refractivity contribution in [1.29, 1.82) is 0 Å². The van der Waals surface area contributed by atoms with E-state index in [-0.39, 0.29) is 18.4 Å². The van der Waals surface area contributed by atoms with Crippen LogP contribution in [-0.4, -0.2) is 50.5 Å². The maximum absolute atomic E-state index is 13.6. The minimum Gasteiger partial charge on any atom is -0.354 e. The van der Waals surface area contributed by atoms with Crippen LogP contribution in [0.2, 0.25) is 0 Å². The van der Waals surface area contributed by atoms with Crippen molar-refractivity contribution in [2.45, 2.75) is 33.4 Å². The summed E-state index contributed by atoms with van der Waals surface area (Å²) in [5.41, 5.74) is 0.993. The van der Waals surface area contributed by atoms with Gasteiger partial charge in [0.15, 0.2) is 0 Å². The van der Waals surface area contributed by atoms with Gasteiger partial charge in [-0.05, 0) is 42.0 Å². The fourth-order valence-corrected chi connectivity index (χ4v) is 4.70. The normalized spacial score (nSPS) is 12.4. The molecule has 0 radical (unpaired) electrons. The van der Waals surface area contributed by atoms with Gasteiger partial charge in [0.1, 0.15) is 18.4 Å². The number of hydrogen-bond donors (Lipinski definition) is 1. The number of carbonyl (C=O) groups excluding carboxylic acids is 2. The van der Waals surface area contributed by atoms with Crippen molar-refractivity contribution in [2.24, 2.45) is 5.92 Å². The zero-order valence-corrected chi connectivity index (χ0v) is 21.8. The van der Waals surface area contributed by atoms with Crippen molar-refractivity contribution >= 4 is 38.3 Å². The molecular formula is C27H32FN3O4S. The Morgan fingerprint density at radius 1 is 0.944 bits per heavy atom. The molecule has 192 valence electrons. The standard InChI is InChI=1S/C27H32FN3O4S/c1-19(2)16-29-27(33)20(3)30(17-21-12-14-23(28)15-13-21)26(32)18-31(36(4,34)35)25-11-7-9-22-8-5-6-10-24(22)25/h5-15,19-20H,16-18H2,1-4H3,(H,29,33). The van der Waals surface area contributed by atoms with Gasteiger partial charge in [-0.2, -0.15) is 0 Å². The lowest BCUT2D eigenvalue weighted by Gasteiger charge is -2.32. The van der Waals surface area contributed by atoms with E-state index in [0.29, 0.717) is 23.2 Å². The first-order valence-electron chi connectivity index (χ1n) is 11.7. The molecule has 0 saturated carbocycles. The summed E-state index contributed by atoms with van der Waals surface area (Å²) in [6.45, 7) is 5.48. The molecule has 3 aromatic carbocycles. The lowest BCUT2D eigenvalue weighted by Crippen LogP contribution is -2.51. The third kappa shape index (κ3) is 6.81. The summed E-state index contributed by atoms with van der Waals surface area (Å²) in [6.07, 6.45) is 1.05. The van der Waals surface area contributed by atoms with Gasteiger partial charge in [0, 0.05) is 18.5 Å². The second-order valence-electron chi connectivity index (χ2n) is 9.23. The Morgan fingerprint density at radius 2 is 1.58 bits per heavy atom. The average Bonchev–Trinajstić information content (AvgIpc) is 2.84. The van der Waals surface area contributed by atoms with Gasteiger partial charge in [-0.3, -0.25) is 13.9 Å². The molecule has 0 fully saturated rings. The number of halogens is 1. The van der Waals surface area contributed by atoms with Crippen LogP contribution in [0.1, 0.15) is 26.3 Å². The number of hydrogen-bond acceptors (Lipinski definition) is 4. The molecule has 1 unspecified atom stereocenters. The first kappa shape index (κ1) is 27.1. The zero-order valence-electron chi connectivity index (χ0n) is 20.9. The van der Waals surface area contributed by atoms with Crippen LogP contribution < -0.4 is 9.62 Å². The van der Waals surface area contributed by atoms with Crippen LogP contribution >= 0.6 is 0 Å². The third-order valence-electron chi connectivity index (χ3n) is 5.83. The lowest BCUT2D eigenvalue weighted by atomic mass is 10.1. The van der Waals surface area contributed by atoms with Crippen LogP contribution in [0, 0.1) is 11.7 Å². The summed E-state index contributed by atoms with van der Waals surface area (Å²) in [6, 6.07) is 17.3. The highest BCUT2D eigenvalue weighted by molar-refractivity contribution is 7.92. The summed E-state index contributed by atoms with van der Waals surface area (Å²) in [7, 11) is -3.85. The number of amides is 2. The van der Waals surface area contributed by atoms with Gasteiger partial charge in [0.25, 0.3) is 0 Å². The molecule has 36 heavy (non-hydrogen) atoms. The number of sulfonamides is 1. The van der Waals surface area contributed by atoms with Gasteiger partial charge in [-0.1, -0.05) is 62.4 Å². The van der Waals surface area contributed by atoms with Gasteiger partial charge in [0.05, 0.1) is 11.9 Å². The highest BCUT2D eigenvalue weighted by atomic mass is 32.2. The van der Waals surface area contributed by atoms with Crippen molar-refractivity contribution in [3.8, 4) is 0 Å². The second kappa shape index (κ2) is 11.5. The number of rotatable bonds is 10. The lowest BCUT2D eigenvalue weighted by molar-refractivity contribution is -0.139. The molecule has 1 atom stereocenters. The summed E-state index contributed by atoms with van der Waals surface area (Å²) < 4.78 is 40.2. The summed E-state index contributed by atoms with van der Waals surface area (Å²) in [4.78, 5) is 27.8. The largest absolute Gasteiger partial charge is 0.354 e. The van der Waals surface area contributed by atoms with Gasteiger partial charge >= 0.3 is 0 Å². The molecule has 2 amide bonds. The quantitative estimate of drug-likeness (QED) is 0.445. The fraction of sp³-hybridized carbons (Fsp3) is 0.333. The van der Waals surface area contributed by atoms with E-state index in [1.807, 2.05) is 32.0 Å². The number of benzene rings is 3. The molecule has 1 N–H and O–H groups in total. The fourth-order valence-electron chi connectivity index (χ4n) is 3.84. The smallest absolute Gasteiger partial charge is 0.244 e. The Bertz CT molecular complexity index is 1320. The Hall–Kier alpha value is -3.46. The van der Waals surface area contributed by atoms with Crippen molar-refractivity contribution in [1.82, 2.24) is 10.2 Å². The minimum absolute atomic E-state index is 0.0164. The Kier molecular flexibility index (Phi) is 8.68. The molecule has 7 nitrogen and oxygen atoms in total. The van der Waals surface area contributed by atoms with E-state index in [1.54, 1.807) is 31.2 Å². The first-order chi connectivity index (χ1) is 17.0. The molecule has 0 aliphatic carbocycles. The van der Waals surface area contributed by atoms with Gasteiger partial charge in [-0.15, -0.1) is 0 Å². The number of nitrogens with zero attached hydrogens (tertiary/aromatic N) is 2. The SMILES string of the molecule is CC(C)CNC(=O)C(C)N(Cc1ccc(F)cc1)C(=O)CN(c1cccc2ccccc12)S(C)(=O)=O. The monoisotopic (exact) mass is 513 g/mol. The molecule has 0 spiro atoms. The van der Waals surface area contributed by atoms with Crippen molar-refractivity contribution in [2.75, 3.05) is 23.7 Å². The van der Waals surface area contributed by atoms with Gasteiger partial charge < -0.3 is 10.2 Å². The van der Waals surface area contributed by atoms with Crippen LogP contribution in [0.5, 0.6) is 0 Å². The topological polar surface area (TPSA) is 86.8 Å². The van der Waals surface area contributed by atoms with Crippen LogP contribution in [-0.2, 0) is 26.2 Å². The first-order valence-corrected chi connectivity index (χ1v) is 13.6. The van der Waals surface area contributed by atoms with Crippen LogP contribution in [0.15, 0.2) is 66.7 Å². The molecule has 0 aromatic heterocycles. The maximum atomic E-state index is 13.6. The molecule has 0 aliphatic heterocycles. The van der Waals surface area contributed by atoms with E-state index in [9.17, 15) is 22.4 Å². The predicted molar refractivity (Wildman–Crippen MR) is 140 cm³/mol. The molecule has 3 aromatic rings. The van der Waals surface area contributed by atoms with E-state index in [0.717, 1.165) is 15.9 Å². The van der Waals surface area contributed by atoms with Crippen LogP contribution in [0.25, 0.3) is 10.8 Å². The highest BCUT2D eigenvalue weighted by Crippen LogP contribution is 2.28. The summed E-state index contributed by atoms with van der Waals surface area (Å²) in [5, 5.41) is 4.35. The number of anilines is 1. The van der Waals surface area contributed by atoms with Crippen molar-refractivity contribution < 1.29 is 22.4 Å². The molecule has 3 rings (SSSR count). The highest BCUT2D eigenvalue weighted by Gasteiger charge is 2.30. The zero-order chi connectivity index (χ0) is 26.5. The molecule has 0 bridgehead atoms. The molecule has 0 heterocycles. The number of nitrogens with one attached hydrogen (secondary N) is 1. The van der Waals surface area contributed by atoms with E-state index in [4.69, 9.17) is 0 Å². The molecule has 9 heteroatoms. The van der Waals surface area contributed by atoms with Crippen molar-refractivity contribution in [3.63, 3.8) is 0 Å². The second-order valence-corrected chi connectivity index (χ2v) is 11.1. The summed E-state index contributed by atoms with van der Waals surface area (Å²) >= 11 is 0. The Labute approximate surface area is 212 Å².